The number of thiophene rings is 1. The predicted molar refractivity (Wildman–Crippen MR) is 83.5 cm³/mol. The van der Waals surface area contributed by atoms with E-state index in [0.717, 1.165) is 24.3 Å². The van der Waals surface area contributed by atoms with Crippen LogP contribution in [0.1, 0.15) is 44.4 Å². The molecule has 1 aliphatic carbocycles. The third kappa shape index (κ3) is 4.04. The van der Waals surface area contributed by atoms with Crippen LogP contribution in [-0.2, 0) is 16.6 Å². The molecule has 4 nitrogen and oxygen atoms in total. The monoisotopic (exact) mass is 316 g/mol. The molecule has 20 heavy (non-hydrogen) atoms. The third-order valence-electron chi connectivity index (χ3n) is 3.49. The fourth-order valence-electron chi connectivity index (χ4n) is 2.03. The van der Waals surface area contributed by atoms with Gasteiger partial charge in [0.15, 0.2) is 0 Å². The van der Waals surface area contributed by atoms with Crippen LogP contribution in [0.2, 0.25) is 0 Å². The second-order valence-corrected chi connectivity index (χ2v) is 8.56. The summed E-state index contributed by atoms with van der Waals surface area (Å²) in [6.07, 6.45) is 4.41. The molecule has 0 unspecified atom stereocenters. The fourth-order valence-corrected chi connectivity index (χ4v) is 4.98. The van der Waals surface area contributed by atoms with E-state index < -0.39 is 10.0 Å². The van der Waals surface area contributed by atoms with Gasteiger partial charge in [-0.05, 0) is 31.4 Å². The van der Waals surface area contributed by atoms with Gasteiger partial charge < -0.3 is 5.32 Å². The number of hydrogen-bond acceptors (Lipinski definition) is 4. The SMILES string of the molecule is CCCCN(CC)S(=O)(=O)c1ccc(CNC2CC2)s1. The van der Waals surface area contributed by atoms with Crippen LogP contribution in [0.3, 0.4) is 0 Å². The Balaban J connectivity index is 2.03. The number of hydrogen-bond donors (Lipinski definition) is 1. The van der Waals surface area contributed by atoms with Crippen molar-refractivity contribution in [1.82, 2.24) is 9.62 Å². The average Bonchev–Trinajstić information content (AvgIpc) is 3.13. The van der Waals surface area contributed by atoms with Crippen molar-refractivity contribution in [3.63, 3.8) is 0 Å². The van der Waals surface area contributed by atoms with E-state index in [1.54, 1.807) is 10.4 Å². The Morgan fingerprint density at radius 3 is 2.70 bits per heavy atom. The minimum absolute atomic E-state index is 0.475. The maximum Gasteiger partial charge on any atom is 0.252 e. The van der Waals surface area contributed by atoms with Gasteiger partial charge in [0.2, 0.25) is 0 Å². The molecular formula is C14H24N2O2S2. The molecule has 2 rings (SSSR count). The normalized spacial score (nSPS) is 15.9. The number of nitrogens with zero attached hydrogens (tertiary/aromatic N) is 1. The van der Waals surface area contributed by atoms with Crippen LogP contribution >= 0.6 is 11.3 Å². The predicted octanol–water partition coefficient (Wildman–Crippen LogP) is 2.81. The van der Waals surface area contributed by atoms with Crippen molar-refractivity contribution in [1.29, 1.82) is 0 Å². The van der Waals surface area contributed by atoms with Crippen molar-refractivity contribution in [3.05, 3.63) is 17.0 Å². The average molecular weight is 316 g/mol. The molecule has 1 aromatic heterocycles. The quantitative estimate of drug-likeness (QED) is 0.762. The van der Waals surface area contributed by atoms with Crippen molar-refractivity contribution in [2.24, 2.45) is 0 Å². The lowest BCUT2D eigenvalue weighted by Gasteiger charge is -2.18. The zero-order valence-electron chi connectivity index (χ0n) is 12.3. The fraction of sp³-hybridized carbons (Fsp3) is 0.714. The molecule has 0 spiro atoms. The smallest absolute Gasteiger partial charge is 0.252 e. The molecule has 1 saturated carbocycles. The largest absolute Gasteiger partial charge is 0.309 e. The standard InChI is InChI=1S/C14H24N2O2S2/c1-3-5-10-16(4-2)20(17,18)14-9-8-13(19-14)11-15-12-6-7-12/h8-9,12,15H,3-7,10-11H2,1-2H3. The van der Waals surface area contributed by atoms with E-state index in [4.69, 9.17) is 0 Å². The molecule has 0 atom stereocenters. The minimum atomic E-state index is -3.30. The minimum Gasteiger partial charge on any atom is -0.309 e. The summed E-state index contributed by atoms with van der Waals surface area (Å²) in [5, 5.41) is 3.42. The highest BCUT2D eigenvalue weighted by Crippen LogP contribution is 2.26. The molecule has 1 aromatic rings. The first kappa shape index (κ1) is 15.9. The highest BCUT2D eigenvalue weighted by molar-refractivity contribution is 7.91. The topological polar surface area (TPSA) is 49.4 Å². The maximum atomic E-state index is 12.5. The van der Waals surface area contributed by atoms with Gasteiger partial charge in [0, 0.05) is 30.6 Å². The van der Waals surface area contributed by atoms with Crippen molar-refractivity contribution in [2.45, 2.75) is 56.3 Å². The number of nitrogens with one attached hydrogen (secondary N) is 1. The van der Waals surface area contributed by atoms with Crippen LogP contribution in [0.25, 0.3) is 0 Å². The first-order valence-corrected chi connectivity index (χ1v) is 9.65. The second-order valence-electron chi connectivity index (χ2n) is 5.23. The molecule has 1 N–H and O–H groups in total. The van der Waals surface area contributed by atoms with E-state index >= 15 is 0 Å². The Morgan fingerprint density at radius 1 is 1.35 bits per heavy atom. The first-order chi connectivity index (χ1) is 9.57. The van der Waals surface area contributed by atoms with Crippen molar-refractivity contribution in [2.75, 3.05) is 13.1 Å². The number of rotatable bonds is 9. The highest BCUT2D eigenvalue weighted by Gasteiger charge is 2.25. The van der Waals surface area contributed by atoms with Gasteiger partial charge in [-0.1, -0.05) is 20.3 Å². The molecular weight excluding hydrogens is 292 g/mol. The maximum absolute atomic E-state index is 12.5. The molecule has 6 heteroatoms. The van der Waals surface area contributed by atoms with Crippen LogP contribution in [0.4, 0.5) is 0 Å². The molecule has 0 aromatic carbocycles. The lowest BCUT2D eigenvalue weighted by molar-refractivity contribution is 0.420. The summed E-state index contributed by atoms with van der Waals surface area (Å²) in [5.41, 5.74) is 0. The number of unbranched alkanes of at least 4 members (excludes halogenated alkanes) is 1. The Labute approximate surface area is 126 Å². The van der Waals surface area contributed by atoms with Crippen LogP contribution in [0.15, 0.2) is 16.3 Å². The molecule has 0 amide bonds. The van der Waals surface area contributed by atoms with E-state index in [0.29, 0.717) is 23.3 Å². The molecule has 0 radical (unpaired) electrons. The van der Waals surface area contributed by atoms with Gasteiger partial charge in [-0.25, -0.2) is 8.42 Å². The summed E-state index contributed by atoms with van der Waals surface area (Å²) < 4.78 is 27.2. The van der Waals surface area contributed by atoms with Crippen molar-refractivity contribution in [3.8, 4) is 0 Å². The van der Waals surface area contributed by atoms with E-state index in [9.17, 15) is 8.42 Å². The molecule has 0 saturated heterocycles. The first-order valence-electron chi connectivity index (χ1n) is 7.40. The Hall–Kier alpha value is -0.430. The van der Waals surface area contributed by atoms with Crippen LogP contribution in [-0.4, -0.2) is 31.9 Å². The van der Waals surface area contributed by atoms with Crippen LogP contribution in [0, 0.1) is 0 Å². The molecule has 1 fully saturated rings. The summed E-state index contributed by atoms with van der Waals surface area (Å²) >= 11 is 1.39. The Kier molecular flexibility index (Phi) is 5.60. The third-order valence-corrected chi connectivity index (χ3v) is 7.01. The molecule has 1 aliphatic rings. The highest BCUT2D eigenvalue weighted by atomic mass is 32.2. The molecule has 114 valence electrons. The van der Waals surface area contributed by atoms with Gasteiger partial charge in [-0.15, -0.1) is 11.3 Å². The van der Waals surface area contributed by atoms with Gasteiger partial charge in [-0.2, -0.15) is 4.31 Å². The zero-order chi connectivity index (χ0) is 14.6. The molecule has 0 aliphatic heterocycles. The summed E-state index contributed by atoms with van der Waals surface area (Å²) in [6, 6.07) is 4.33. The van der Waals surface area contributed by atoms with E-state index in [1.807, 2.05) is 13.0 Å². The van der Waals surface area contributed by atoms with Gasteiger partial charge in [0.1, 0.15) is 4.21 Å². The lowest BCUT2D eigenvalue weighted by Crippen LogP contribution is -2.31. The molecule has 0 bridgehead atoms. The van der Waals surface area contributed by atoms with Crippen molar-refractivity contribution < 1.29 is 8.42 Å². The van der Waals surface area contributed by atoms with Gasteiger partial charge >= 0.3 is 0 Å². The Bertz CT molecular complexity index is 521. The summed E-state index contributed by atoms with van der Waals surface area (Å²) in [7, 11) is -3.30. The lowest BCUT2D eigenvalue weighted by atomic mass is 10.3. The van der Waals surface area contributed by atoms with E-state index in [2.05, 4.69) is 12.2 Å². The van der Waals surface area contributed by atoms with Gasteiger partial charge in [0.05, 0.1) is 0 Å². The summed E-state index contributed by atoms with van der Waals surface area (Å²) in [6.45, 7) is 5.91. The van der Waals surface area contributed by atoms with Gasteiger partial charge in [-0.3, -0.25) is 0 Å². The van der Waals surface area contributed by atoms with Crippen LogP contribution < -0.4 is 5.32 Å². The van der Waals surface area contributed by atoms with Gasteiger partial charge in [0.25, 0.3) is 10.0 Å². The van der Waals surface area contributed by atoms with E-state index in [1.165, 1.54) is 24.2 Å². The summed E-state index contributed by atoms with van der Waals surface area (Å²) in [4.78, 5) is 1.10. The summed E-state index contributed by atoms with van der Waals surface area (Å²) in [5.74, 6) is 0. The second kappa shape index (κ2) is 7.02. The van der Waals surface area contributed by atoms with E-state index in [-0.39, 0.29) is 0 Å². The van der Waals surface area contributed by atoms with Crippen molar-refractivity contribution >= 4 is 21.4 Å². The Morgan fingerprint density at radius 2 is 2.10 bits per heavy atom. The molecule has 1 heterocycles. The number of sulfonamides is 1. The zero-order valence-corrected chi connectivity index (χ0v) is 13.9. The van der Waals surface area contributed by atoms with Crippen LogP contribution in [0.5, 0.6) is 0 Å².